The fraction of sp³-hybridized carbons (Fsp3) is 0.222. The molecule has 1 N–H and O–H groups in total. The van der Waals surface area contributed by atoms with E-state index in [1.807, 2.05) is 0 Å². The molecule has 1 fully saturated rings. The summed E-state index contributed by atoms with van der Waals surface area (Å²) in [6.07, 6.45) is 1.32. The van der Waals surface area contributed by atoms with Crippen LogP contribution in [0.3, 0.4) is 0 Å². The van der Waals surface area contributed by atoms with Gasteiger partial charge in [-0.1, -0.05) is 0 Å². The fourth-order valence-electron chi connectivity index (χ4n) is 4.83. The second-order valence-corrected chi connectivity index (χ2v) is 11.4. The zero-order valence-electron chi connectivity index (χ0n) is 21.2. The van der Waals surface area contributed by atoms with Gasteiger partial charge in [0, 0.05) is 37.1 Å². The number of imidazole rings is 1. The van der Waals surface area contributed by atoms with Gasteiger partial charge in [-0.05, 0) is 67.4 Å². The van der Waals surface area contributed by atoms with Crippen molar-refractivity contribution in [1.29, 1.82) is 0 Å². The molecule has 6 rings (SSSR count). The number of fused-ring (bicyclic) bond motifs is 1. The van der Waals surface area contributed by atoms with E-state index >= 15 is 0 Å². The van der Waals surface area contributed by atoms with Gasteiger partial charge in [0.15, 0.2) is 0 Å². The average molecular weight is 587 g/mol. The van der Waals surface area contributed by atoms with Crippen LogP contribution in [-0.2, 0) is 16.2 Å². The number of sulfonamides is 1. The first-order valence-electron chi connectivity index (χ1n) is 12.6. The molecule has 1 atom stereocenters. The van der Waals surface area contributed by atoms with E-state index in [2.05, 4.69) is 20.3 Å². The number of nitrogens with zero attached hydrogens (tertiary/aromatic N) is 5. The number of hydrogen-bond acceptors (Lipinski definition) is 7. The Hall–Kier alpha value is -4.30. The summed E-state index contributed by atoms with van der Waals surface area (Å²) in [6.45, 7) is 0.314. The van der Waals surface area contributed by atoms with E-state index in [-0.39, 0.29) is 35.8 Å². The number of aromatic nitrogens is 4. The Bertz CT molecular complexity index is 1800. The van der Waals surface area contributed by atoms with E-state index in [1.54, 1.807) is 35.0 Å². The first-order valence-corrected chi connectivity index (χ1v) is 14.0. The molecule has 1 aliphatic heterocycles. The summed E-state index contributed by atoms with van der Waals surface area (Å²) in [4.78, 5) is 13.3. The van der Waals surface area contributed by atoms with E-state index in [4.69, 9.17) is 4.42 Å². The van der Waals surface area contributed by atoms with Gasteiger partial charge < -0.3 is 9.73 Å². The standard InChI is InChI=1S/C27H22F4N6O3S/c28-19-7-3-17(4-8-19)23-24(37-14-15-40-26(37)35-23)22-11-12-32-25(34-22)33-20-2-1-13-36(16-20)41(38,39)21-9-5-18(6-10-21)27(29,30)31/h3-12,14-15,20H,1-2,13,16H2,(H,32,33,34)/t20-/m1/s1. The molecule has 212 valence electrons. The van der Waals surface area contributed by atoms with Crippen LogP contribution in [0.25, 0.3) is 28.5 Å². The molecule has 0 saturated carbocycles. The van der Waals surface area contributed by atoms with Gasteiger partial charge in [-0.25, -0.2) is 22.8 Å². The number of oxazole rings is 1. The van der Waals surface area contributed by atoms with E-state index in [0.29, 0.717) is 41.3 Å². The van der Waals surface area contributed by atoms with E-state index in [0.717, 1.165) is 24.3 Å². The van der Waals surface area contributed by atoms with Crippen LogP contribution in [0, 0.1) is 5.82 Å². The Labute approximate surface area is 231 Å². The van der Waals surface area contributed by atoms with Crippen LogP contribution in [0.4, 0.5) is 23.5 Å². The van der Waals surface area contributed by atoms with E-state index in [9.17, 15) is 26.0 Å². The summed E-state index contributed by atoms with van der Waals surface area (Å²) in [5, 5.41) is 3.19. The van der Waals surface area contributed by atoms with Gasteiger partial charge in [0.1, 0.15) is 23.5 Å². The summed E-state index contributed by atoms with van der Waals surface area (Å²) in [5.74, 6) is 0.196. The highest BCUT2D eigenvalue weighted by Crippen LogP contribution is 2.33. The summed E-state index contributed by atoms with van der Waals surface area (Å²) in [5.41, 5.74) is 1.37. The second kappa shape index (κ2) is 10.3. The van der Waals surface area contributed by atoms with Gasteiger partial charge >= 0.3 is 12.0 Å². The van der Waals surface area contributed by atoms with Crippen molar-refractivity contribution in [2.45, 2.75) is 30.0 Å². The normalized spacial score (nSPS) is 16.7. The average Bonchev–Trinajstić information content (AvgIpc) is 3.55. The van der Waals surface area contributed by atoms with E-state index < -0.39 is 21.8 Å². The molecule has 4 heterocycles. The Morgan fingerprint density at radius 3 is 2.49 bits per heavy atom. The molecule has 0 bridgehead atoms. The number of hydrogen-bond donors (Lipinski definition) is 1. The molecule has 5 aromatic rings. The Balaban J connectivity index is 1.24. The third-order valence-corrected chi connectivity index (χ3v) is 8.69. The molecule has 41 heavy (non-hydrogen) atoms. The van der Waals surface area contributed by atoms with Crippen LogP contribution in [0.15, 0.2) is 82.6 Å². The predicted octanol–water partition coefficient (Wildman–Crippen LogP) is 5.47. The number of halogens is 4. The highest BCUT2D eigenvalue weighted by atomic mass is 32.2. The third kappa shape index (κ3) is 5.27. The molecule has 0 unspecified atom stereocenters. The first-order chi connectivity index (χ1) is 19.6. The molecule has 1 aliphatic rings. The Kier molecular flexibility index (Phi) is 6.74. The van der Waals surface area contributed by atoms with Crippen LogP contribution in [0.1, 0.15) is 18.4 Å². The number of nitrogens with one attached hydrogen (secondary N) is 1. The van der Waals surface area contributed by atoms with Gasteiger partial charge in [-0.3, -0.25) is 4.40 Å². The molecule has 0 radical (unpaired) electrons. The van der Waals surface area contributed by atoms with Crippen LogP contribution >= 0.6 is 0 Å². The number of alkyl halides is 3. The SMILES string of the molecule is O=S(=O)(c1ccc(C(F)(F)F)cc1)N1CCC[C@@H](Nc2nccc(-c3c(-c4ccc(F)cc4)nc4occn34)n2)C1. The molecule has 0 aliphatic carbocycles. The fourth-order valence-corrected chi connectivity index (χ4v) is 6.35. The second-order valence-electron chi connectivity index (χ2n) is 9.51. The van der Waals surface area contributed by atoms with Crippen LogP contribution in [0.2, 0.25) is 0 Å². The summed E-state index contributed by atoms with van der Waals surface area (Å²) in [7, 11) is -4.01. The monoisotopic (exact) mass is 586 g/mol. The maximum absolute atomic E-state index is 13.5. The summed E-state index contributed by atoms with van der Waals surface area (Å²) < 4.78 is 87.1. The number of anilines is 1. The molecular weight excluding hydrogens is 564 g/mol. The minimum atomic E-state index is -4.56. The molecule has 14 heteroatoms. The predicted molar refractivity (Wildman–Crippen MR) is 141 cm³/mol. The van der Waals surface area contributed by atoms with Crippen molar-refractivity contribution in [3.8, 4) is 22.6 Å². The van der Waals surface area contributed by atoms with Gasteiger partial charge in [0.25, 0.3) is 0 Å². The van der Waals surface area contributed by atoms with Crippen molar-refractivity contribution >= 4 is 21.8 Å². The van der Waals surface area contributed by atoms with Crippen molar-refractivity contribution in [1.82, 2.24) is 23.7 Å². The largest absolute Gasteiger partial charge is 0.432 e. The minimum absolute atomic E-state index is 0.0798. The van der Waals surface area contributed by atoms with Crippen molar-refractivity contribution in [2.75, 3.05) is 18.4 Å². The molecule has 3 aromatic heterocycles. The maximum Gasteiger partial charge on any atom is 0.416 e. The van der Waals surface area contributed by atoms with E-state index in [1.165, 1.54) is 22.7 Å². The maximum atomic E-state index is 13.5. The van der Waals surface area contributed by atoms with Crippen molar-refractivity contribution in [3.63, 3.8) is 0 Å². The van der Waals surface area contributed by atoms with Gasteiger partial charge in [-0.15, -0.1) is 0 Å². The number of piperidine rings is 1. The lowest BCUT2D eigenvalue weighted by Crippen LogP contribution is -2.45. The Morgan fingerprint density at radius 1 is 1.00 bits per heavy atom. The lowest BCUT2D eigenvalue weighted by molar-refractivity contribution is -0.137. The zero-order chi connectivity index (χ0) is 28.8. The molecule has 2 aromatic carbocycles. The molecule has 1 saturated heterocycles. The van der Waals surface area contributed by atoms with Crippen molar-refractivity contribution in [3.05, 3.63) is 84.6 Å². The Morgan fingerprint density at radius 2 is 1.76 bits per heavy atom. The highest BCUT2D eigenvalue weighted by Gasteiger charge is 2.33. The number of benzene rings is 2. The van der Waals surface area contributed by atoms with Crippen LogP contribution < -0.4 is 5.32 Å². The van der Waals surface area contributed by atoms with Gasteiger partial charge in [-0.2, -0.15) is 22.5 Å². The van der Waals surface area contributed by atoms with Gasteiger partial charge in [0.2, 0.25) is 16.0 Å². The lowest BCUT2D eigenvalue weighted by Gasteiger charge is -2.32. The molecule has 9 nitrogen and oxygen atoms in total. The smallest absolute Gasteiger partial charge is 0.416 e. The van der Waals surface area contributed by atoms with Crippen LogP contribution in [-0.4, -0.2) is 51.2 Å². The van der Waals surface area contributed by atoms with Crippen molar-refractivity contribution in [2.24, 2.45) is 0 Å². The summed E-state index contributed by atoms with van der Waals surface area (Å²) >= 11 is 0. The third-order valence-electron chi connectivity index (χ3n) is 6.81. The molecule has 0 amide bonds. The van der Waals surface area contributed by atoms with Crippen molar-refractivity contribution < 1.29 is 30.4 Å². The molecule has 0 spiro atoms. The summed E-state index contributed by atoms with van der Waals surface area (Å²) in [6, 6.07) is 10.7. The van der Waals surface area contributed by atoms with Crippen LogP contribution in [0.5, 0.6) is 0 Å². The number of rotatable bonds is 6. The molecular formula is C27H22F4N6O3S. The zero-order valence-corrected chi connectivity index (χ0v) is 22.0. The lowest BCUT2D eigenvalue weighted by atomic mass is 10.1. The first kappa shape index (κ1) is 26.9. The van der Waals surface area contributed by atoms with Gasteiger partial charge in [0.05, 0.1) is 16.2 Å². The highest BCUT2D eigenvalue weighted by molar-refractivity contribution is 7.89. The quantitative estimate of drug-likeness (QED) is 0.263. The topological polar surface area (TPSA) is 106 Å². The minimum Gasteiger partial charge on any atom is -0.432 e.